The van der Waals surface area contributed by atoms with Gasteiger partial charge in [-0.2, -0.15) is 0 Å². The zero-order valence-electron chi connectivity index (χ0n) is 26.5. The number of hydrogen-bond acceptors (Lipinski definition) is 4. The van der Waals surface area contributed by atoms with Crippen molar-refractivity contribution in [1.82, 2.24) is 30.6 Å². The molecule has 2 aliphatic heterocycles. The van der Waals surface area contributed by atoms with Gasteiger partial charge in [-0.3, -0.25) is 0 Å². The summed E-state index contributed by atoms with van der Waals surface area (Å²) in [6, 6.07) is 21.5. The van der Waals surface area contributed by atoms with Crippen molar-refractivity contribution in [3.63, 3.8) is 0 Å². The molecule has 3 aromatic carbocycles. The summed E-state index contributed by atoms with van der Waals surface area (Å²) in [5.41, 5.74) is 13.5. The normalized spacial score (nSPS) is 25.6. The fraction of sp³-hybridized carbons (Fsp3) is 0.436. The molecule has 6 heteroatoms. The SMILES string of the molecule is C[C@@H]1CNC(c2nc3ccc(-c4ccc(-c5ccc(-c6cnc([C@@H]7C[C@H](C)CN7)[nH]6)cc5)c5c4CC4(CCCC4)C5)cc3[nH]2)C1. The van der Waals surface area contributed by atoms with E-state index in [0.717, 1.165) is 54.3 Å². The van der Waals surface area contributed by atoms with Gasteiger partial charge in [0, 0.05) is 0 Å². The third kappa shape index (κ3) is 4.85. The third-order valence-electron chi connectivity index (χ3n) is 11.5. The minimum atomic E-state index is 0.330. The molecule has 1 spiro atoms. The predicted octanol–water partition coefficient (Wildman–Crippen LogP) is 8.29. The van der Waals surface area contributed by atoms with Crippen LogP contribution in [0.3, 0.4) is 0 Å². The van der Waals surface area contributed by atoms with Gasteiger partial charge in [0.2, 0.25) is 0 Å². The Hall–Kier alpha value is -3.74. The Balaban J connectivity index is 1.05. The van der Waals surface area contributed by atoms with Gasteiger partial charge in [-0.1, -0.05) is 69.2 Å². The molecule has 4 atom stereocenters. The Morgan fingerprint density at radius 3 is 1.98 bits per heavy atom. The second kappa shape index (κ2) is 10.7. The van der Waals surface area contributed by atoms with E-state index in [0.29, 0.717) is 29.3 Å². The van der Waals surface area contributed by atoms with Crippen LogP contribution >= 0.6 is 0 Å². The van der Waals surface area contributed by atoms with Gasteiger partial charge in [0.25, 0.3) is 0 Å². The molecular weight excluding hydrogens is 552 g/mol. The molecule has 6 nitrogen and oxygen atoms in total. The van der Waals surface area contributed by atoms with E-state index in [1.54, 1.807) is 11.1 Å². The summed E-state index contributed by atoms with van der Waals surface area (Å²) in [7, 11) is 0. The lowest BCUT2D eigenvalue weighted by molar-refractivity contribution is 0.318. The molecule has 4 N–H and O–H groups in total. The predicted molar refractivity (Wildman–Crippen MR) is 182 cm³/mol. The summed E-state index contributed by atoms with van der Waals surface area (Å²) >= 11 is 0. The molecule has 230 valence electrons. The number of rotatable bonds is 5. The first kappa shape index (κ1) is 27.6. The maximum Gasteiger partial charge on any atom is 0.124 e. The maximum absolute atomic E-state index is 4.97. The lowest BCUT2D eigenvalue weighted by Crippen LogP contribution is -2.15. The van der Waals surface area contributed by atoms with E-state index in [1.807, 2.05) is 6.20 Å². The number of benzene rings is 3. The van der Waals surface area contributed by atoms with Crippen LogP contribution in [0.15, 0.2) is 60.8 Å². The Kier molecular flexibility index (Phi) is 6.54. The van der Waals surface area contributed by atoms with E-state index in [-0.39, 0.29) is 0 Å². The van der Waals surface area contributed by atoms with E-state index >= 15 is 0 Å². The molecule has 0 amide bonds. The van der Waals surface area contributed by atoms with Crippen molar-refractivity contribution in [1.29, 1.82) is 0 Å². The first-order chi connectivity index (χ1) is 22.0. The average Bonchev–Trinajstić information content (AvgIpc) is 3.89. The number of nitrogens with one attached hydrogen (secondary N) is 4. The topological polar surface area (TPSA) is 81.4 Å². The van der Waals surface area contributed by atoms with Crippen LogP contribution in [-0.4, -0.2) is 33.0 Å². The zero-order chi connectivity index (χ0) is 30.1. The fourth-order valence-electron chi connectivity index (χ4n) is 9.02. The average molecular weight is 597 g/mol. The molecule has 5 aromatic rings. The number of nitrogens with zero attached hydrogens (tertiary/aromatic N) is 2. The summed E-state index contributed by atoms with van der Waals surface area (Å²) < 4.78 is 0. The monoisotopic (exact) mass is 596 g/mol. The first-order valence-electron chi connectivity index (χ1n) is 17.3. The fourth-order valence-corrected chi connectivity index (χ4v) is 9.02. The van der Waals surface area contributed by atoms with Crippen molar-refractivity contribution in [3.05, 3.63) is 83.6 Å². The molecule has 0 bridgehead atoms. The molecule has 2 aliphatic carbocycles. The van der Waals surface area contributed by atoms with Crippen LogP contribution in [0.25, 0.3) is 44.5 Å². The number of H-pyrrole nitrogens is 2. The van der Waals surface area contributed by atoms with Crippen molar-refractivity contribution >= 4 is 11.0 Å². The summed E-state index contributed by atoms with van der Waals surface area (Å²) in [6.45, 7) is 6.75. The summed E-state index contributed by atoms with van der Waals surface area (Å²) in [5.74, 6) is 3.53. The highest BCUT2D eigenvalue weighted by Crippen LogP contribution is 2.53. The minimum Gasteiger partial charge on any atom is -0.341 e. The minimum absolute atomic E-state index is 0.330. The van der Waals surface area contributed by atoms with Gasteiger partial charge in [-0.05, 0) is 120 Å². The lowest BCUT2D eigenvalue weighted by atomic mass is 9.82. The third-order valence-corrected chi connectivity index (χ3v) is 11.5. The highest BCUT2D eigenvalue weighted by Gasteiger charge is 2.41. The summed E-state index contributed by atoms with van der Waals surface area (Å²) in [4.78, 5) is 17.0. The Bertz CT molecular complexity index is 1870. The number of aromatic amines is 2. The van der Waals surface area contributed by atoms with Crippen molar-refractivity contribution in [3.8, 4) is 33.5 Å². The standard InChI is InChI=1S/C39H44N6/c1-23-15-34(40-20-23)37-42-22-36(45-37)26-7-5-25(6-8-26)28-10-11-29(31-19-39(18-30(28)31)13-3-4-14-39)27-9-12-32-33(17-27)44-38(43-32)35-16-24(2)21-41-35/h5-12,17,22-24,34-35,40-41H,3-4,13-16,18-21H2,1-2H3,(H,42,45)(H,43,44)/t23-,24-,34-,35?/m0/s1. The van der Waals surface area contributed by atoms with Gasteiger partial charge in [0.15, 0.2) is 0 Å². The van der Waals surface area contributed by atoms with Crippen LogP contribution in [0, 0.1) is 17.3 Å². The van der Waals surface area contributed by atoms with Crippen molar-refractivity contribution < 1.29 is 0 Å². The zero-order valence-corrected chi connectivity index (χ0v) is 26.5. The van der Waals surface area contributed by atoms with Gasteiger partial charge in [0.05, 0.1) is 35.0 Å². The highest BCUT2D eigenvalue weighted by atomic mass is 15.1. The molecule has 0 radical (unpaired) electrons. The van der Waals surface area contributed by atoms with E-state index in [2.05, 4.69) is 89.0 Å². The van der Waals surface area contributed by atoms with E-state index < -0.39 is 0 Å². The lowest BCUT2D eigenvalue weighted by Gasteiger charge is -2.22. The van der Waals surface area contributed by atoms with Crippen molar-refractivity contribution in [2.24, 2.45) is 17.3 Å². The number of fused-ring (bicyclic) bond motifs is 2. The Labute approximate surface area is 265 Å². The largest absolute Gasteiger partial charge is 0.341 e. The van der Waals surface area contributed by atoms with Gasteiger partial charge in [-0.15, -0.1) is 0 Å². The molecule has 1 unspecified atom stereocenters. The van der Waals surface area contributed by atoms with Crippen LogP contribution in [0.2, 0.25) is 0 Å². The second-order valence-corrected chi connectivity index (χ2v) is 14.9. The summed E-state index contributed by atoms with van der Waals surface area (Å²) in [6.07, 6.45) is 12.1. The second-order valence-electron chi connectivity index (χ2n) is 14.9. The smallest absolute Gasteiger partial charge is 0.124 e. The van der Waals surface area contributed by atoms with Gasteiger partial charge >= 0.3 is 0 Å². The highest BCUT2D eigenvalue weighted by molar-refractivity contribution is 5.85. The Morgan fingerprint density at radius 1 is 0.689 bits per heavy atom. The molecular formula is C39H44N6. The molecule has 1 saturated carbocycles. The molecule has 2 saturated heterocycles. The van der Waals surface area contributed by atoms with Crippen LogP contribution in [0.4, 0.5) is 0 Å². The van der Waals surface area contributed by atoms with Gasteiger partial charge in [-0.25, -0.2) is 9.97 Å². The number of aromatic nitrogens is 4. The molecule has 3 fully saturated rings. The van der Waals surface area contributed by atoms with E-state index in [9.17, 15) is 0 Å². The molecule has 45 heavy (non-hydrogen) atoms. The van der Waals surface area contributed by atoms with Crippen LogP contribution in [-0.2, 0) is 12.8 Å². The molecule has 4 heterocycles. The Morgan fingerprint density at radius 2 is 1.31 bits per heavy atom. The molecule has 4 aliphatic rings. The quantitative estimate of drug-likeness (QED) is 0.165. The van der Waals surface area contributed by atoms with Crippen LogP contribution in [0.5, 0.6) is 0 Å². The van der Waals surface area contributed by atoms with Gasteiger partial charge in [0.1, 0.15) is 11.6 Å². The van der Waals surface area contributed by atoms with Gasteiger partial charge < -0.3 is 20.6 Å². The van der Waals surface area contributed by atoms with Crippen LogP contribution in [0.1, 0.15) is 87.2 Å². The number of imidazole rings is 2. The summed E-state index contributed by atoms with van der Waals surface area (Å²) in [5, 5.41) is 7.24. The van der Waals surface area contributed by atoms with E-state index in [1.165, 1.54) is 66.3 Å². The van der Waals surface area contributed by atoms with Crippen molar-refractivity contribution in [2.75, 3.05) is 13.1 Å². The maximum atomic E-state index is 4.97. The van der Waals surface area contributed by atoms with Crippen molar-refractivity contribution in [2.45, 2.75) is 77.3 Å². The first-order valence-corrected chi connectivity index (χ1v) is 17.3. The van der Waals surface area contributed by atoms with Crippen LogP contribution < -0.4 is 10.6 Å². The number of hydrogen-bond donors (Lipinski definition) is 4. The van der Waals surface area contributed by atoms with E-state index in [4.69, 9.17) is 9.97 Å². The molecule has 2 aromatic heterocycles. The molecule has 9 rings (SSSR count).